The Morgan fingerprint density at radius 1 is 1.04 bits per heavy atom. The standard InChI is InChI=1S/C19H21N4/c1-11-6-17(22(5)10-20-11)16-7-15-8-18-21-12(2)9-23(18)19(15)14(4)13(16)3/h6-7,9-10H,8H2,1-5H3/q+1. The maximum absolute atomic E-state index is 4.66. The lowest BCUT2D eigenvalue weighted by Gasteiger charge is -2.15. The van der Waals surface area contributed by atoms with E-state index in [9.17, 15) is 0 Å². The molecule has 3 heterocycles. The molecule has 0 unspecified atom stereocenters. The smallest absolute Gasteiger partial charge is 0.286 e. The van der Waals surface area contributed by atoms with Gasteiger partial charge in [-0.05, 0) is 43.5 Å². The normalized spacial score (nSPS) is 12.4. The van der Waals surface area contributed by atoms with E-state index < -0.39 is 0 Å². The summed E-state index contributed by atoms with van der Waals surface area (Å²) in [6, 6.07) is 4.49. The lowest BCUT2D eigenvalue weighted by molar-refractivity contribution is -0.663. The van der Waals surface area contributed by atoms with E-state index >= 15 is 0 Å². The highest BCUT2D eigenvalue weighted by molar-refractivity contribution is 5.71. The molecular weight excluding hydrogens is 284 g/mol. The van der Waals surface area contributed by atoms with Gasteiger partial charge in [0.05, 0.1) is 18.4 Å². The van der Waals surface area contributed by atoms with Crippen LogP contribution in [0.2, 0.25) is 0 Å². The molecule has 0 saturated heterocycles. The average molecular weight is 305 g/mol. The maximum Gasteiger partial charge on any atom is 0.286 e. The number of fused-ring (bicyclic) bond motifs is 3. The predicted molar refractivity (Wildman–Crippen MR) is 89.7 cm³/mol. The molecule has 1 aliphatic rings. The number of nitrogens with zero attached hydrogens (tertiary/aromatic N) is 4. The first-order valence-electron chi connectivity index (χ1n) is 7.96. The summed E-state index contributed by atoms with van der Waals surface area (Å²) in [5.74, 6) is 1.15. The number of aryl methyl sites for hydroxylation is 3. The van der Waals surface area contributed by atoms with Crippen molar-refractivity contribution in [2.24, 2.45) is 7.05 Å². The van der Waals surface area contributed by atoms with Crippen molar-refractivity contribution in [2.45, 2.75) is 34.1 Å². The SMILES string of the molecule is Cc1cc(-c2cc3c(c(C)c2C)-n2cc(C)nc2C3)[n+](C)cn1. The Morgan fingerprint density at radius 3 is 2.61 bits per heavy atom. The van der Waals surface area contributed by atoms with Gasteiger partial charge in [0, 0.05) is 31.2 Å². The van der Waals surface area contributed by atoms with Crippen LogP contribution in [0, 0.1) is 27.7 Å². The van der Waals surface area contributed by atoms with Gasteiger partial charge < -0.3 is 4.57 Å². The number of rotatable bonds is 1. The minimum absolute atomic E-state index is 0.908. The molecule has 116 valence electrons. The molecule has 1 aliphatic heterocycles. The topological polar surface area (TPSA) is 34.6 Å². The van der Waals surface area contributed by atoms with E-state index in [0.29, 0.717) is 0 Å². The molecule has 2 aromatic heterocycles. The Kier molecular flexibility index (Phi) is 2.92. The van der Waals surface area contributed by atoms with Crippen LogP contribution < -0.4 is 4.57 Å². The molecule has 0 fully saturated rings. The van der Waals surface area contributed by atoms with Crippen LogP contribution in [0.3, 0.4) is 0 Å². The second-order valence-electron chi connectivity index (χ2n) is 6.55. The highest BCUT2D eigenvalue weighted by Gasteiger charge is 2.25. The van der Waals surface area contributed by atoms with Crippen molar-refractivity contribution >= 4 is 0 Å². The summed E-state index contributed by atoms with van der Waals surface area (Å²) in [6.07, 6.45) is 4.94. The number of aromatic nitrogens is 4. The molecule has 0 amide bonds. The van der Waals surface area contributed by atoms with E-state index in [0.717, 1.165) is 23.6 Å². The van der Waals surface area contributed by atoms with E-state index in [4.69, 9.17) is 0 Å². The van der Waals surface area contributed by atoms with Gasteiger partial charge in [0.15, 0.2) is 5.69 Å². The number of hydrogen-bond donors (Lipinski definition) is 0. The Bertz CT molecular complexity index is 950. The van der Waals surface area contributed by atoms with Crippen LogP contribution in [0.4, 0.5) is 0 Å². The summed E-state index contributed by atoms with van der Waals surface area (Å²) < 4.78 is 4.35. The Morgan fingerprint density at radius 2 is 1.83 bits per heavy atom. The Hall–Kier alpha value is -2.49. The van der Waals surface area contributed by atoms with Gasteiger partial charge in [-0.2, -0.15) is 0 Å². The summed E-state index contributed by atoms with van der Waals surface area (Å²) in [5.41, 5.74) is 9.96. The molecule has 0 saturated carbocycles. The van der Waals surface area contributed by atoms with E-state index in [1.165, 1.54) is 33.6 Å². The van der Waals surface area contributed by atoms with E-state index in [2.05, 4.69) is 65.3 Å². The van der Waals surface area contributed by atoms with Gasteiger partial charge >= 0.3 is 0 Å². The molecule has 23 heavy (non-hydrogen) atoms. The molecule has 1 aromatic carbocycles. The quantitative estimate of drug-likeness (QED) is 0.507. The predicted octanol–water partition coefficient (Wildman–Crippen LogP) is 2.90. The van der Waals surface area contributed by atoms with Crippen LogP contribution in [0.1, 0.15) is 33.9 Å². The molecule has 3 aromatic rings. The van der Waals surface area contributed by atoms with Crippen LogP contribution >= 0.6 is 0 Å². The third-order valence-electron chi connectivity index (χ3n) is 4.87. The molecule has 0 atom stereocenters. The highest BCUT2D eigenvalue weighted by Crippen LogP contribution is 2.36. The van der Waals surface area contributed by atoms with Crippen LogP contribution in [0.5, 0.6) is 0 Å². The monoisotopic (exact) mass is 305 g/mol. The van der Waals surface area contributed by atoms with Crippen LogP contribution in [-0.4, -0.2) is 14.5 Å². The fraction of sp³-hybridized carbons (Fsp3) is 0.316. The third-order valence-corrected chi connectivity index (χ3v) is 4.87. The van der Waals surface area contributed by atoms with Gasteiger partial charge in [0.2, 0.25) is 0 Å². The Labute approximate surface area is 136 Å². The molecule has 0 radical (unpaired) electrons. The molecule has 4 heteroatoms. The van der Waals surface area contributed by atoms with Gasteiger partial charge in [-0.1, -0.05) is 4.98 Å². The van der Waals surface area contributed by atoms with Crippen molar-refractivity contribution in [3.05, 3.63) is 58.6 Å². The highest BCUT2D eigenvalue weighted by atomic mass is 15.1. The third kappa shape index (κ3) is 2.01. The number of imidazole rings is 1. The number of hydrogen-bond acceptors (Lipinski definition) is 2. The van der Waals surface area contributed by atoms with Gasteiger partial charge in [-0.3, -0.25) is 0 Å². The summed E-state index contributed by atoms with van der Waals surface area (Å²) in [4.78, 5) is 9.03. The van der Waals surface area contributed by atoms with Crippen molar-refractivity contribution in [1.82, 2.24) is 14.5 Å². The van der Waals surface area contributed by atoms with Crippen molar-refractivity contribution < 1.29 is 4.57 Å². The minimum Gasteiger partial charge on any atom is -0.303 e. The number of benzene rings is 1. The molecule has 0 bridgehead atoms. The molecule has 4 nitrogen and oxygen atoms in total. The van der Waals surface area contributed by atoms with Crippen molar-refractivity contribution in [3.63, 3.8) is 0 Å². The van der Waals surface area contributed by atoms with E-state index in [-0.39, 0.29) is 0 Å². The zero-order valence-corrected chi connectivity index (χ0v) is 14.3. The summed E-state index contributed by atoms with van der Waals surface area (Å²) >= 11 is 0. The zero-order valence-electron chi connectivity index (χ0n) is 14.3. The first kappa shape index (κ1) is 14.1. The molecule has 0 spiro atoms. The van der Waals surface area contributed by atoms with Crippen LogP contribution in [-0.2, 0) is 13.5 Å². The van der Waals surface area contributed by atoms with Gasteiger partial charge in [-0.25, -0.2) is 9.55 Å². The van der Waals surface area contributed by atoms with Crippen LogP contribution in [0.25, 0.3) is 16.9 Å². The summed E-state index contributed by atoms with van der Waals surface area (Å²) in [6.45, 7) is 8.53. The van der Waals surface area contributed by atoms with E-state index in [1.54, 1.807) is 0 Å². The zero-order chi connectivity index (χ0) is 16.3. The molecule has 0 aliphatic carbocycles. The largest absolute Gasteiger partial charge is 0.303 e. The molecule has 0 N–H and O–H groups in total. The lowest BCUT2D eigenvalue weighted by atomic mass is 9.94. The van der Waals surface area contributed by atoms with E-state index in [1.807, 2.05) is 13.3 Å². The minimum atomic E-state index is 0.908. The fourth-order valence-electron chi connectivity index (χ4n) is 3.59. The Balaban J connectivity index is 1.97. The second kappa shape index (κ2) is 4.75. The van der Waals surface area contributed by atoms with Crippen molar-refractivity contribution in [3.8, 4) is 16.9 Å². The second-order valence-corrected chi connectivity index (χ2v) is 6.55. The van der Waals surface area contributed by atoms with Crippen LogP contribution in [0.15, 0.2) is 24.7 Å². The lowest BCUT2D eigenvalue weighted by Crippen LogP contribution is -2.31. The van der Waals surface area contributed by atoms with Crippen molar-refractivity contribution in [1.29, 1.82) is 0 Å². The fourth-order valence-corrected chi connectivity index (χ4v) is 3.59. The summed E-state index contributed by atoms with van der Waals surface area (Å²) in [7, 11) is 2.05. The van der Waals surface area contributed by atoms with Gasteiger partial charge in [0.25, 0.3) is 6.33 Å². The van der Waals surface area contributed by atoms with Crippen molar-refractivity contribution in [2.75, 3.05) is 0 Å². The first-order chi connectivity index (χ1) is 11.0. The maximum atomic E-state index is 4.66. The van der Waals surface area contributed by atoms with Gasteiger partial charge in [0.1, 0.15) is 11.5 Å². The molecular formula is C19H21N4+. The molecule has 4 rings (SSSR count). The average Bonchev–Trinajstić information content (AvgIpc) is 3.01. The summed E-state index contributed by atoms with van der Waals surface area (Å²) in [5, 5.41) is 0. The first-order valence-corrected chi connectivity index (χ1v) is 7.96. The van der Waals surface area contributed by atoms with Gasteiger partial charge in [-0.15, -0.1) is 0 Å².